The van der Waals surface area contributed by atoms with Crippen molar-refractivity contribution < 1.29 is 34.7 Å². The highest BCUT2D eigenvalue weighted by atomic mass is 16.7. The van der Waals surface area contributed by atoms with Crippen molar-refractivity contribution in [3.8, 4) is 5.75 Å². The van der Waals surface area contributed by atoms with Gasteiger partial charge in [0.25, 0.3) is 0 Å². The van der Waals surface area contributed by atoms with Crippen molar-refractivity contribution in [2.75, 3.05) is 6.61 Å². The molecule has 0 bridgehead atoms. The molecule has 1 heterocycles. The van der Waals surface area contributed by atoms with Gasteiger partial charge >= 0.3 is 0 Å². The summed E-state index contributed by atoms with van der Waals surface area (Å²) in [5.41, 5.74) is 0.510. The van der Waals surface area contributed by atoms with Crippen molar-refractivity contribution in [2.24, 2.45) is 0 Å². The summed E-state index contributed by atoms with van der Waals surface area (Å²) in [6.07, 6.45) is -6.63. The molecule has 1 saturated heterocycles. The maximum Gasteiger partial charge on any atom is 0.229 e. The summed E-state index contributed by atoms with van der Waals surface area (Å²) in [7, 11) is 0. The third-order valence-corrected chi connectivity index (χ3v) is 3.36. The van der Waals surface area contributed by atoms with Gasteiger partial charge in [-0.25, -0.2) is 0 Å². The Bertz CT molecular complexity index is 485. The van der Waals surface area contributed by atoms with E-state index in [4.69, 9.17) is 14.6 Å². The van der Waals surface area contributed by atoms with Gasteiger partial charge < -0.3 is 29.9 Å². The average molecular weight is 298 g/mol. The van der Waals surface area contributed by atoms with Crippen molar-refractivity contribution >= 4 is 5.78 Å². The van der Waals surface area contributed by atoms with Crippen LogP contribution in [0.2, 0.25) is 0 Å². The molecule has 0 unspecified atom stereocenters. The van der Waals surface area contributed by atoms with Crippen molar-refractivity contribution in [1.82, 2.24) is 0 Å². The number of Topliss-reactive ketones (excluding diaryl/α,β-unsaturated/α-hetero) is 1. The van der Waals surface area contributed by atoms with Crippen LogP contribution in [0.15, 0.2) is 24.3 Å². The number of carbonyl (C=O) groups excluding carboxylic acids is 1. The Kier molecular flexibility index (Phi) is 4.92. The van der Waals surface area contributed by atoms with Crippen LogP contribution in [0.4, 0.5) is 0 Å². The lowest BCUT2D eigenvalue weighted by Crippen LogP contribution is -2.60. The fourth-order valence-electron chi connectivity index (χ4n) is 2.07. The lowest BCUT2D eigenvalue weighted by Gasteiger charge is -2.39. The van der Waals surface area contributed by atoms with E-state index in [0.29, 0.717) is 11.3 Å². The van der Waals surface area contributed by atoms with E-state index in [1.54, 1.807) is 12.1 Å². The molecule has 116 valence electrons. The summed E-state index contributed by atoms with van der Waals surface area (Å²) in [5.74, 6) is 0.235. The van der Waals surface area contributed by atoms with Gasteiger partial charge in [0.2, 0.25) is 6.29 Å². The number of aliphatic hydroxyl groups excluding tert-OH is 4. The van der Waals surface area contributed by atoms with Crippen LogP contribution in [0.25, 0.3) is 0 Å². The van der Waals surface area contributed by atoms with E-state index in [2.05, 4.69) is 0 Å². The number of hydrogen-bond acceptors (Lipinski definition) is 7. The molecule has 0 amide bonds. The van der Waals surface area contributed by atoms with Crippen LogP contribution in [0.3, 0.4) is 0 Å². The molecule has 1 aliphatic heterocycles. The number of carbonyl (C=O) groups is 1. The summed E-state index contributed by atoms with van der Waals surface area (Å²) in [4.78, 5) is 11.2. The first-order valence-corrected chi connectivity index (χ1v) is 6.52. The zero-order valence-corrected chi connectivity index (χ0v) is 11.4. The average Bonchev–Trinajstić information content (AvgIpc) is 2.48. The zero-order chi connectivity index (χ0) is 15.6. The first kappa shape index (κ1) is 15.9. The second kappa shape index (κ2) is 6.50. The Balaban J connectivity index is 2.08. The fourth-order valence-corrected chi connectivity index (χ4v) is 2.07. The third kappa shape index (κ3) is 3.39. The molecule has 21 heavy (non-hydrogen) atoms. The van der Waals surface area contributed by atoms with Gasteiger partial charge in [0.15, 0.2) is 5.78 Å². The minimum Gasteiger partial charge on any atom is -0.462 e. The molecule has 1 aromatic rings. The number of aliphatic hydroxyl groups is 4. The Labute approximate surface area is 121 Å². The summed E-state index contributed by atoms with van der Waals surface area (Å²) in [5, 5.41) is 38.2. The monoisotopic (exact) mass is 298 g/mol. The number of hydrogen-bond donors (Lipinski definition) is 4. The van der Waals surface area contributed by atoms with Crippen LogP contribution in [-0.2, 0) is 4.74 Å². The molecule has 0 radical (unpaired) electrons. The standard InChI is InChI=1S/C14H18O7/c1-7(16)8-2-4-9(5-3-8)20-14-13(19)12(18)11(17)10(6-15)21-14/h2-5,10-15,17-19H,6H2,1H3/t10-,11-,12-,13-,14-/m1/s1. The second-order valence-electron chi connectivity index (χ2n) is 4.90. The summed E-state index contributed by atoms with van der Waals surface area (Å²) >= 11 is 0. The minimum atomic E-state index is -1.49. The molecule has 1 aromatic carbocycles. The first-order valence-electron chi connectivity index (χ1n) is 6.52. The van der Waals surface area contributed by atoms with Gasteiger partial charge in [-0.2, -0.15) is 0 Å². The summed E-state index contributed by atoms with van der Waals surface area (Å²) < 4.78 is 10.6. The smallest absolute Gasteiger partial charge is 0.229 e. The van der Waals surface area contributed by atoms with Gasteiger partial charge in [-0.05, 0) is 31.2 Å². The maximum absolute atomic E-state index is 11.2. The predicted octanol–water partition coefficient (Wildman–Crippen LogP) is -0.932. The van der Waals surface area contributed by atoms with E-state index < -0.39 is 37.3 Å². The molecule has 2 rings (SSSR count). The summed E-state index contributed by atoms with van der Waals surface area (Å²) in [6, 6.07) is 6.17. The molecule has 1 aliphatic rings. The first-order chi connectivity index (χ1) is 9.93. The molecule has 0 aliphatic carbocycles. The van der Waals surface area contributed by atoms with E-state index in [-0.39, 0.29) is 5.78 Å². The van der Waals surface area contributed by atoms with E-state index in [1.807, 2.05) is 0 Å². The van der Waals surface area contributed by atoms with Crippen molar-refractivity contribution in [1.29, 1.82) is 0 Å². The molecule has 4 N–H and O–H groups in total. The summed E-state index contributed by atoms with van der Waals surface area (Å²) in [6.45, 7) is 0.918. The normalized spacial score (nSPS) is 32.7. The van der Waals surface area contributed by atoms with Crippen LogP contribution < -0.4 is 4.74 Å². The van der Waals surface area contributed by atoms with Crippen molar-refractivity contribution in [2.45, 2.75) is 37.6 Å². The molecular weight excluding hydrogens is 280 g/mol. The van der Waals surface area contributed by atoms with Crippen molar-refractivity contribution in [3.05, 3.63) is 29.8 Å². The van der Waals surface area contributed by atoms with E-state index >= 15 is 0 Å². The molecule has 7 nitrogen and oxygen atoms in total. The SMILES string of the molecule is CC(=O)c1ccc(O[C@@H]2O[C@H](CO)[C@@H](O)[C@@H](O)[C@H]2O)cc1. The minimum absolute atomic E-state index is 0.0885. The van der Waals surface area contributed by atoms with Gasteiger partial charge in [-0.1, -0.05) is 0 Å². The quantitative estimate of drug-likeness (QED) is 0.530. The number of rotatable bonds is 4. The number of ketones is 1. The highest BCUT2D eigenvalue weighted by molar-refractivity contribution is 5.94. The van der Waals surface area contributed by atoms with Gasteiger partial charge in [-0.3, -0.25) is 4.79 Å². The van der Waals surface area contributed by atoms with Gasteiger partial charge in [0, 0.05) is 5.56 Å². The largest absolute Gasteiger partial charge is 0.462 e. The van der Waals surface area contributed by atoms with E-state index in [0.717, 1.165) is 0 Å². The second-order valence-corrected chi connectivity index (χ2v) is 4.90. The van der Waals surface area contributed by atoms with Crippen LogP contribution in [-0.4, -0.2) is 63.5 Å². The van der Waals surface area contributed by atoms with Gasteiger partial charge in [0.05, 0.1) is 6.61 Å². The molecule has 0 aromatic heterocycles. The highest BCUT2D eigenvalue weighted by Gasteiger charge is 2.44. The predicted molar refractivity (Wildman–Crippen MR) is 70.8 cm³/mol. The fraction of sp³-hybridized carbons (Fsp3) is 0.500. The van der Waals surface area contributed by atoms with Crippen molar-refractivity contribution in [3.63, 3.8) is 0 Å². The number of benzene rings is 1. The van der Waals surface area contributed by atoms with Gasteiger partial charge in [-0.15, -0.1) is 0 Å². The molecule has 0 spiro atoms. The Morgan fingerprint density at radius 1 is 1.14 bits per heavy atom. The highest BCUT2D eigenvalue weighted by Crippen LogP contribution is 2.24. The third-order valence-electron chi connectivity index (χ3n) is 3.36. The maximum atomic E-state index is 11.2. The topological polar surface area (TPSA) is 116 Å². The Morgan fingerprint density at radius 3 is 2.29 bits per heavy atom. The van der Waals surface area contributed by atoms with E-state index in [1.165, 1.54) is 19.1 Å². The Hall–Kier alpha value is -1.51. The van der Waals surface area contributed by atoms with Crippen LogP contribution in [0.1, 0.15) is 17.3 Å². The van der Waals surface area contributed by atoms with Crippen LogP contribution in [0, 0.1) is 0 Å². The lowest BCUT2D eigenvalue weighted by molar-refractivity contribution is -0.277. The molecular formula is C14H18O7. The van der Waals surface area contributed by atoms with Gasteiger partial charge in [0.1, 0.15) is 30.2 Å². The number of ether oxygens (including phenoxy) is 2. The molecule has 7 heteroatoms. The van der Waals surface area contributed by atoms with E-state index in [9.17, 15) is 20.1 Å². The van der Waals surface area contributed by atoms with Crippen LogP contribution >= 0.6 is 0 Å². The Morgan fingerprint density at radius 2 is 1.76 bits per heavy atom. The molecule has 5 atom stereocenters. The lowest BCUT2D eigenvalue weighted by atomic mass is 9.99. The molecule has 1 fully saturated rings. The molecule has 0 saturated carbocycles. The van der Waals surface area contributed by atoms with Crippen LogP contribution in [0.5, 0.6) is 5.75 Å². The zero-order valence-electron chi connectivity index (χ0n) is 11.4.